The average Bonchev–Trinajstić information content (AvgIpc) is 3.33. The first-order valence-corrected chi connectivity index (χ1v) is 9.05. The van der Waals surface area contributed by atoms with Gasteiger partial charge in [0, 0.05) is 37.0 Å². The van der Waals surface area contributed by atoms with Crippen LogP contribution in [0.3, 0.4) is 0 Å². The summed E-state index contributed by atoms with van der Waals surface area (Å²) in [6.45, 7) is 2.13. The molecule has 149 valence electrons. The van der Waals surface area contributed by atoms with Gasteiger partial charge in [-0.3, -0.25) is 4.40 Å². The number of hydrogen-bond donors (Lipinski definition) is 1. The minimum absolute atomic E-state index is 0.0790. The summed E-state index contributed by atoms with van der Waals surface area (Å²) in [5.41, 5.74) is 2.92. The number of aromatic nitrogens is 5. The minimum atomic E-state index is -2.72. The zero-order valence-corrected chi connectivity index (χ0v) is 15.9. The molecule has 0 amide bonds. The summed E-state index contributed by atoms with van der Waals surface area (Å²) in [7, 11) is 1.48. The van der Waals surface area contributed by atoms with Gasteiger partial charge in [-0.15, -0.1) is 0 Å². The number of fused-ring (bicyclic) bond motifs is 1. The van der Waals surface area contributed by atoms with Crippen LogP contribution in [0.15, 0.2) is 43.0 Å². The molecule has 0 saturated carbocycles. The summed E-state index contributed by atoms with van der Waals surface area (Å²) in [5.74, 6) is 0.523. The van der Waals surface area contributed by atoms with Crippen LogP contribution in [0.2, 0.25) is 0 Å². The summed E-state index contributed by atoms with van der Waals surface area (Å²) in [5, 5.41) is 7.18. The molecule has 4 rings (SSSR count). The average molecular weight is 397 g/mol. The van der Waals surface area contributed by atoms with Crippen LogP contribution in [-0.4, -0.2) is 31.3 Å². The quantitative estimate of drug-likeness (QED) is 0.505. The van der Waals surface area contributed by atoms with E-state index in [0.717, 1.165) is 17.7 Å². The number of rotatable bonds is 7. The maximum Gasteiger partial charge on any atom is 0.282 e. The number of halogens is 2. The number of aryl methyl sites for hydroxylation is 1. The van der Waals surface area contributed by atoms with Crippen molar-refractivity contribution in [2.24, 2.45) is 0 Å². The fourth-order valence-electron chi connectivity index (χ4n) is 3.13. The van der Waals surface area contributed by atoms with Gasteiger partial charge in [-0.1, -0.05) is 13.0 Å². The van der Waals surface area contributed by atoms with Crippen molar-refractivity contribution in [2.75, 3.05) is 12.4 Å². The standard InChI is InChI=1S/C20H19F2N6O/c1-3-13-5-4-6-14(9-13)25-19-20-24-10-16(28(20)8-7-23-19)15-11-27(12-29-2)26-17(15)18(21)22/h4,6-11,18H,3,12H2,1-2H3,(H,23,25). The highest BCUT2D eigenvalue weighted by molar-refractivity contribution is 5.74. The molecule has 3 heterocycles. The molecule has 4 aromatic rings. The van der Waals surface area contributed by atoms with E-state index in [1.165, 1.54) is 18.0 Å². The molecule has 9 heteroatoms. The summed E-state index contributed by atoms with van der Waals surface area (Å²) < 4.78 is 35.1. The molecule has 0 aliphatic rings. The van der Waals surface area contributed by atoms with Crippen molar-refractivity contribution < 1.29 is 13.5 Å². The van der Waals surface area contributed by atoms with Gasteiger partial charge < -0.3 is 10.1 Å². The van der Waals surface area contributed by atoms with E-state index >= 15 is 0 Å². The highest BCUT2D eigenvalue weighted by atomic mass is 19.3. The molecule has 1 radical (unpaired) electrons. The van der Waals surface area contributed by atoms with Crippen LogP contribution in [0.4, 0.5) is 20.3 Å². The molecule has 29 heavy (non-hydrogen) atoms. The Kier molecular flexibility index (Phi) is 5.22. The van der Waals surface area contributed by atoms with Crippen molar-refractivity contribution in [1.82, 2.24) is 24.1 Å². The normalized spacial score (nSPS) is 11.5. The molecule has 0 spiro atoms. The maximum absolute atomic E-state index is 13.5. The van der Waals surface area contributed by atoms with E-state index in [-0.39, 0.29) is 12.4 Å². The molecular weight excluding hydrogens is 378 g/mol. The van der Waals surface area contributed by atoms with E-state index in [2.05, 4.69) is 33.4 Å². The lowest BCUT2D eigenvalue weighted by atomic mass is 10.1. The summed E-state index contributed by atoms with van der Waals surface area (Å²) in [6.07, 6.45) is 4.49. The fraction of sp³-hybridized carbons (Fsp3) is 0.250. The number of alkyl halides is 2. The van der Waals surface area contributed by atoms with Crippen molar-refractivity contribution in [3.05, 3.63) is 60.3 Å². The molecule has 0 atom stereocenters. The Bertz CT molecular complexity index is 1140. The van der Waals surface area contributed by atoms with Gasteiger partial charge >= 0.3 is 0 Å². The Morgan fingerprint density at radius 3 is 2.93 bits per heavy atom. The van der Waals surface area contributed by atoms with E-state index in [0.29, 0.717) is 22.7 Å². The van der Waals surface area contributed by atoms with Crippen molar-refractivity contribution in [3.63, 3.8) is 0 Å². The smallest absolute Gasteiger partial charge is 0.282 e. The monoisotopic (exact) mass is 397 g/mol. The number of ether oxygens (including phenoxy) is 1. The molecule has 7 nitrogen and oxygen atoms in total. The van der Waals surface area contributed by atoms with Crippen molar-refractivity contribution in [1.29, 1.82) is 0 Å². The van der Waals surface area contributed by atoms with Gasteiger partial charge in [0.2, 0.25) is 0 Å². The fourth-order valence-corrected chi connectivity index (χ4v) is 3.13. The number of methoxy groups -OCH3 is 1. The van der Waals surface area contributed by atoms with Crippen molar-refractivity contribution >= 4 is 17.2 Å². The molecule has 0 saturated heterocycles. The lowest BCUT2D eigenvalue weighted by Crippen LogP contribution is -2.00. The van der Waals surface area contributed by atoms with Crippen LogP contribution in [0, 0.1) is 6.07 Å². The highest BCUT2D eigenvalue weighted by Crippen LogP contribution is 2.32. The Balaban J connectivity index is 1.76. The Labute approximate surface area is 166 Å². The molecule has 1 aromatic carbocycles. The van der Waals surface area contributed by atoms with Crippen LogP contribution < -0.4 is 5.32 Å². The molecule has 0 aliphatic heterocycles. The number of nitrogens with zero attached hydrogens (tertiary/aromatic N) is 5. The molecule has 3 aromatic heterocycles. The van der Waals surface area contributed by atoms with Gasteiger partial charge in [-0.05, 0) is 30.2 Å². The second-order valence-electron chi connectivity index (χ2n) is 6.38. The predicted molar refractivity (Wildman–Crippen MR) is 104 cm³/mol. The highest BCUT2D eigenvalue weighted by Gasteiger charge is 2.22. The summed E-state index contributed by atoms with van der Waals surface area (Å²) in [4.78, 5) is 8.77. The van der Waals surface area contributed by atoms with Gasteiger partial charge in [0.15, 0.2) is 11.5 Å². The second kappa shape index (κ2) is 7.96. The molecule has 0 bridgehead atoms. The van der Waals surface area contributed by atoms with E-state index in [1.54, 1.807) is 23.0 Å². The van der Waals surface area contributed by atoms with Crippen molar-refractivity contribution in [2.45, 2.75) is 26.5 Å². The number of nitrogens with one attached hydrogen (secondary N) is 1. The lowest BCUT2D eigenvalue weighted by Gasteiger charge is -2.08. The Hall–Kier alpha value is -3.33. The number of hydrogen-bond acceptors (Lipinski definition) is 5. The molecule has 0 fully saturated rings. The molecule has 1 N–H and O–H groups in total. The number of imidazole rings is 1. The SMILES string of the molecule is CCc1[c]ccc(Nc2nccn3c(-c4cn(COC)nc4C(F)F)cnc23)c1. The molecule has 0 unspecified atom stereocenters. The van der Waals surface area contributed by atoms with Gasteiger partial charge in [0.25, 0.3) is 6.43 Å². The lowest BCUT2D eigenvalue weighted by molar-refractivity contribution is 0.114. The van der Waals surface area contributed by atoms with Gasteiger partial charge in [-0.25, -0.2) is 23.4 Å². The van der Waals surface area contributed by atoms with Gasteiger partial charge in [0.05, 0.1) is 11.9 Å². The third-order valence-electron chi connectivity index (χ3n) is 4.47. The molecular formula is C20H19F2N6O. The van der Waals surface area contributed by atoms with Crippen LogP contribution in [-0.2, 0) is 17.9 Å². The van der Waals surface area contributed by atoms with E-state index in [4.69, 9.17) is 4.74 Å². The first-order chi connectivity index (χ1) is 14.1. The first kappa shape index (κ1) is 19.0. The van der Waals surface area contributed by atoms with E-state index in [1.807, 2.05) is 18.2 Å². The Morgan fingerprint density at radius 1 is 1.31 bits per heavy atom. The van der Waals surface area contributed by atoms with Crippen LogP contribution in [0.25, 0.3) is 16.9 Å². The van der Waals surface area contributed by atoms with Crippen LogP contribution in [0.5, 0.6) is 0 Å². The zero-order chi connectivity index (χ0) is 20.4. The minimum Gasteiger partial charge on any atom is -0.362 e. The van der Waals surface area contributed by atoms with Crippen molar-refractivity contribution in [3.8, 4) is 11.3 Å². The Morgan fingerprint density at radius 2 is 2.17 bits per heavy atom. The van der Waals surface area contributed by atoms with Crippen LogP contribution >= 0.6 is 0 Å². The summed E-state index contributed by atoms with van der Waals surface area (Å²) >= 11 is 0. The maximum atomic E-state index is 13.5. The topological polar surface area (TPSA) is 69.3 Å². The first-order valence-electron chi connectivity index (χ1n) is 9.05. The molecule has 0 aliphatic carbocycles. The van der Waals surface area contributed by atoms with Gasteiger partial charge in [0.1, 0.15) is 12.4 Å². The predicted octanol–water partition coefficient (Wildman–Crippen LogP) is 4.24. The van der Waals surface area contributed by atoms with E-state index < -0.39 is 6.43 Å². The largest absolute Gasteiger partial charge is 0.362 e. The zero-order valence-electron chi connectivity index (χ0n) is 15.9. The summed E-state index contributed by atoms with van der Waals surface area (Å²) in [6, 6.07) is 8.88. The van der Waals surface area contributed by atoms with Gasteiger partial charge in [-0.2, -0.15) is 5.10 Å². The van der Waals surface area contributed by atoms with Crippen LogP contribution in [0.1, 0.15) is 24.6 Å². The number of anilines is 2. The second-order valence-corrected chi connectivity index (χ2v) is 6.38. The third kappa shape index (κ3) is 3.68. The third-order valence-corrected chi connectivity index (χ3v) is 4.47. The number of benzene rings is 1. The van der Waals surface area contributed by atoms with E-state index in [9.17, 15) is 8.78 Å².